The zero-order valence-electron chi connectivity index (χ0n) is 13.7. The van der Waals surface area contributed by atoms with Gasteiger partial charge in [0.15, 0.2) is 0 Å². The lowest BCUT2D eigenvalue weighted by atomic mass is 10.2. The molecule has 0 aliphatic heterocycles. The average Bonchev–Trinajstić information content (AvgIpc) is 2.49. The van der Waals surface area contributed by atoms with Crippen molar-refractivity contribution >= 4 is 5.91 Å². The van der Waals surface area contributed by atoms with Crippen molar-refractivity contribution in [2.45, 2.75) is 48.4 Å². The van der Waals surface area contributed by atoms with Crippen molar-refractivity contribution in [2.75, 3.05) is 7.05 Å². The lowest BCUT2D eigenvalue weighted by Crippen LogP contribution is -2.68. The Labute approximate surface area is 157 Å². The summed E-state index contributed by atoms with van der Waals surface area (Å²) < 4.78 is 219. The van der Waals surface area contributed by atoms with Crippen molar-refractivity contribution in [2.24, 2.45) is 0 Å². The summed E-state index contributed by atoms with van der Waals surface area (Å²) in [6.45, 7) is 0. The van der Waals surface area contributed by atoms with Crippen LogP contribution < -0.4 is 5.32 Å². The fourth-order valence-corrected chi connectivity index (χ4v) is 1.32. The second-order valence-electron chi connectivity index (χ2n) is 5.07. The first-order chi connectivity index (χ1) is 13.1. The molecule has 0 aromatic carbocycles. The van der Waals surface area contributed by atoms with Gasteiger partial charge in [-0.15, -0.1) is 0 Å². The molecule has 0 aromatic rings. The monoisotopic (exact) mass is 509 g/mol. The number of carbonyl (C=O) groups is 1. The quantitative estimate of drug-likeness (QED) is 0.511. The third-order valence-corrected chi connectivity index (χ3v) is 2.88. The van der Waals surface area contributed by atoms with Crippen LogP contribution in [0.25, 0.3) is 0 Å². The molecule has 2 atom stereocenters. The molecule has 21 heteroatoms. The second-order valence-corrected chi connectivity index (χ2v) is 5.07. The number of halogens is 17. The highest BCUT2D eigenvalue weighted by atomic mass is 19.4. The Hall–Kier alpha value is -1.80. The average molecular weight is 509 g/mol. The van der Waals surface area contributed by atoms with Crippen molar-refractivity contribution in [3.8, 4) is 0 Å². The summed E-state index contributed by atoms with van der Waals surface area (Å²) in [5.41, 5.74) is 0. The van der Waals surface area contributed by atoms with E-state index in [9.17, 15) is 79.4 Å². The molecular weight excluding hydrogens is 505 g/mol. The highest BCUT2D eigenvalue weighted by Crippen LogP contribution is 2.56. The van der Waals surface area contributed by atoms with Gasteiger partial charge in [0, 0.05) is 7.05 Å². The fourth-order valence-electron chi connectivity index (χ4n) is 1.32. The first-order valence-corrected chi connectivity index (χ1v) is 6.48. The van der Waals surface area contributed by atoms with Crippen molar-refractivity contribution in [3.05, 3.63) is 0 Å². The molecule has 0 rings (SSSR count). The van der Waals surface area contributed by atoms with E-state index in [4.69, 9.17) is 0 Å². The molecule has 0 unspecified atom stereocenters. The predicted octanol–water partition coefficient (Wildman–Crippen LogP) is 4.61. The maximum atomic E-state index is 13.7. The molecule has 31 heavy (non-hydrogen) atoms. The summed E-state index contributed by atoms with van der Waals surface area (Å²) in [5, 5.41) is 0.564. The third-order valence-electron chi connectivity index (χ3n) is 2.88. The number of rotatable bonds is 7. The van der Waals surface area contributed by atoms with Gasteiger partial charge in [-0.05, 0) is 0 Å². The zero-order chi connectivity index (χ0) is 25.7. The summed E-state index contributed by atoms with van der Waals surface area (Å²) in [7, 11) is 0.0187. The first-order valence-electron chi connectivity index (χ1n) is 6.48. The van der Waals surface area contributed by atoms with E-state index in [2.05, 4.69) is 0 Å². The number of hydrogen-bond donors (Lipinski definition) is 1. The fraction of sp³-hybridized carbons (Fsp3) is 0.900. The topological polar surface area (TPSA) is 47.6 Å². The van der Waals surface area contributed by atoms with Crippen molar-refractivity contribution in [1.82, 2.24) is 5.32 Å². The van der Waals surface area contributed by atoms with Gasteiger partial charge in [-0.1, -0.05) is 0 Å². The minimum absolute atomic E-state index is 0.0187. The van der Waals surface area contributed by atoms with Crippen LogP contribution >= 0.6 is 0 Å². The van der Waals surface area contributed by atoms with Crippen LogP contribution in [-0.2, 0) is 14.3 Å². The maximum Gasteiger partial charge on any atom is 0.462 e. The second kappa shape index (κ2) is 7.66. The number of alkyl halides is 17. The van der Waals surface area contributed by atoms with E-state index in [1.807, 2.05) is 0 Å². The summed E-state index contributed by atoms with van der Waals surface area (Å²) in [6, 6.07) is 0. The molecule has 0 aliphatic rings. The molecule has 1 amide bonds. The van der Waals surface area contributed by atoms with Crippen LogP contribution in [-0.4, -0.2) is 61.3 Å². The summed E-state index contributed by atoms with van der Waals surface area (Å²) in [5.74, 6) is -26.0. The van der Waals surface area contributed by atoms with Crippen molar-refractivity contribution in [1.29, 1.82) is 0 Å². The molecule has 0 fully saturated rings. The molecule has 0 spiro atoms. The van der Waals surface area contributed by atoms with Crippen LogP contribution in [0.15, 0.2) is 0 Å². The largest absolute Gasteiger partial charge is 0.462 e. The van der Waals surface area contributed by atoms with Gasteiger partial charge in [0.25, 0.3) is 5.91 Å². The zero-order valence-corrected chi connectivity index (χ0v) is 13.7. The van der Waals surface area contributed by atoms with Gasteiger partial charge in [-0.3, -0.25) is 14.3 Å². The van der Waals surface area contributed by atoms with Gasteiger partial charge in [-0.25, -0.2) is 0 Å². The van der Waals surface area contributed by atoms with Gasteiger partial charge in [0.05, 0.1) is 0 Å². The summed E-state index contributed by atoms with van der Waals surface area (Å²) in [4.78, 5) is 10.8. The van der Waals surface area contributed by atoms with Gasteiger partial charge in [-0.2, -0.15) is 74.6 Å². The van der Waals surface area contributed by atoms with Gasteiger partial charge in [0.1, 0.15) is 0 Å². The number of amides is 1. The van der Waals surface area contributed by atoms with Crippen LogP contribution in [0.1, 0.15) is 0 Å². The van der Waals surface area contributed by atoms with E-state index >= 15 is 0 Å². The Morgan fingerprint density at radius 3 is 1.23 bits per heavy atom. The normalized spacial score (nSPS) is 18.9. The number of nitrogens with one attached hydrogen (secondary N) is 1. The molecule has 4 nitrogen and oxygen atoms in total. The van der Waals surface area contributed by atoms with E-state index in [-0.39, 0.29) is 7.05 Å². The SMILES string of the molecule is CNC(=O)[C@@](F)(OC(F)(F)[C@](F)(OC(F)(F)C(F)(F)C(F)(F)F)C(F)(F)F)C(F)(F)F. The molecule has 0 bridgehead atoms. The maximum absolute atomic E-state index is 13.7. The number of hydrogen-bond acceptors (Lipinski definition) is 3. The van der Waals surface area contributed by atoms with Crippen LogP contribution in [0, 0.1) is 0 Å². The smallest absolute Gasteiger partial charge is 0.354 e. The summed E-state index contributed by atoms with van der Waals surface area (Å²) >= 11 is 0. The highest BCUT2D eigenvalue weighted by Gasteiger charge is 2.85. The Morgan fingerprint density at radius 2 is 0.968 bits per heavy atom. The standard InChI is InChI=1S/C10H4F17NO3/c1-28-2(29)3(11,6(15,16)17)30-10(26,27)5(14,8(21,22)23)31-9(24,25)4(12,13)7(18,19)20/h1H3,(H,28,29)/t3-,5-/m1/s1. The predicted molar refractivity (Wildman–Crippen MR) is 56.9 cm³/mol. The van der Waals surface area contributed by atoms with E-state index in [0.717, 1.165) is 0 Å². The molecule has 0 saturated heterocycles. The van der Waals surface area contributed by atoms with Gasteiger partial charge < -0.3 is 5.32 Å². The lowest BCUT2D eigenvalue weighted by Gasteiger charge is -2.40. The Balaban J connectivity index is 6.69. The van der Waals surface area contributed by atoms with Gasteiger partial charge in [0.2, 0.25) is 0 Å². The lowest BCUT2D eigenvalue weighted by molar-refractivity contribution is -0.548. The van der Waals surface area contributed by atoms with Crippen LogP contribution in [0.3, 0.4) is 0 Å². The Morgan fingerprint density at radius 1 is 0.581 bits per heavy atom. The molecule has 0 heterocycles. The Kier molecular flexibility index (Phi) is 7.21. The molecule has 186 valence electrons. The van der Waals surface area contributed by atoms with E-state index in [1.165, 1.54) is 4.74 Å². The minimum Gasteiger partial charge on any atom is -0.354 e. The van der Waals surface area contributed by atoms with Crippen molar-refractivity contribution in [3.63, 3.8) is 0 Å². The third kappa shape index (κ3) is 4.85. The van der Waals surface area contributed by atoms with Crippen LogP contribution in [0.2, 0.25) is 0 Å². The Bertz CT molecular complexity index is 667. The van der Waals surface area contributed by atoms with Crippen LogP contribution in [0.4, 0.5) is 74.6 Å². The summed E-state index contributed by atoms with van der Waals surface area (Å²) in [6.07, 6.45) is -38.3. The van der Waals surface area contributed by atoms with Crippen molar-refractivity contribution < 1.29 is 88.9 Å². The molecule has 0 saturated carbocycles. The first kappa shape index (κ1) is 29.2. The minimum atomic E-state index is -8.01. The van der Waals surface area contributed by atoms with Gasteiger partial charge >= 0.3 is 48.4 Å². The van der Waals surface area contributed by atoms with E-state index in [0.29, 0.717) is 5.32 Å². The molecule has 1 N–H and O–H groups in total. The molecule has 0 aliphatic carbocycles. The molecule has 0 radical (unpaired) electrons. The molecule has 0 aromatic heterocycles. The number of carbonyl (C=O) groups excluding carboxylic acids is 1. The molecular formula is C10H4F17NO3. The van der Waals surface area contributed by atoms with E-state index < -0.39 is 54.3 Å². The van der Waals surface area contributed by atoms with E-state index in [1.54, 1.807) is 4.74 Å². The van der Waals surface area contributed by atoms with Crippen LogP contribution in [0.5, 0.6) is 0 Å². The number of ether oxygens (including phenoxy) is 2. The number of likely N-dealkylation sites (N-methyl/N-ethyl adjacent to an activating group) is 1. The highest BCUT2D eigenvalue weighted by molar-refractivity contribution is 5.84.